The maximum absolute atomic E-state index is 11.3. The lowest BCUT2D eigenvalue weighted by atomic mass is 9.78. The SMILES string of the molecule is CC(C)CC1(Cn2cc(Br)cc2C(=O)O)CCCC1. The van der Waals surface area contributed by atoms with E-state index in [0.29, 0.717) is 11.6 Å². The van der Waals surface area contributed by atoms with E-state index in [1.165, 1.54) is 32.1 Å². The summed E-state index contributed by atoms with van der Waals surface area (Å²) in [5.41, 5.74) is 0.679. The Kier molecular flexibility index (Phi) is 4.39. The largest absolute Gasteiger partial charge is 0.477 e. The van der Waals surface area contributed by atoms with Crippen LogP contribution in [0.3, 0.4) is 0 Å². The maximum Gasteiger partial charge on any atom is 0.352 e. The zero-order chi connectivity index (χ0) is 14.0. The van der Waals surface area contributed by atoms with Gasteiger partial charge in [-0.15, -0.1) is 0 Å². The zero-order valence-corrected chi connectivity index (χ0v) is 13.2. The van der Waals surface area contributed by atoms with Crippen LogP contribution in [0.1, 0.15) is 56.4 Å². The molecule has 0 amide bonds. The van der Waals surface area contributed by atoms with Gasteiger partial charge in [-0.1, -0.05) is 26.7 Å². The summed E-state index contributed by atoms with van der Waals surface area (Å²) in [6, 6.07) is 1.69. The molecule has 0 aromatic carbocycles. The number of hydrogen-bond donors (Lipinski definition) is 1. The van der Waals surface area contributed by atoms with Gasteiger partial charge in [0.15, 0.2) is 0 Å². The fourth-order valence-electron chi connectivity index (χ4n) is 3.56. The van der Waals surface area contributed by atoms with Gasteiger partial charge in [0.05, 0.1) is 0 Å². The van der Waals surface area contributed by atoms with E-state index in [-0.39, 0.29) is 5.41 Å². The minimum atomic E-state index is -0.844. The quantitative estimate of drug-likeness (QED) is 0.861. The Morgan fingerprint density at radius 3 is 2.63 bits per heavy atom. The van der Waals surface area contributed by atoms with Crippen LogP contribution in [0, 0.1) is 11.3 Å². The van der Waals surface area contributed by atoms with Gasteiger partial charge < -0.3 is 9.67 Å². The number of aromatic nitrogens is 1. The van der Waals surface area contributed by atoms with Crippen LogP contribution in [-0.2, 0) is 6.54 Å². The summed E-state index contributed by atoms with van der Waals surface area (Å²) < 4.78 is 2.77. The van der Waals surface area contributed by atoms with Crippen LogP contribution in [-0.4, -0.2) is 15.6 Å². The Hall–Kier alpha value is -0.770. The summed E-state index contributed by atoms with van der Waals surface area (Å²) in [7, 11) is 0. The van der Waals surface area contributed by atoms with Gasteiger partial charge in [-0.2, -0.15) is 0 Å². The molecule has 0 atom stereocenters. The molecule has 1 fully saturated rings. The van der Waals surface area contributed by atoms with Crippen molar-refractivity contribution in [1.82, 2.24) is 4.57 Å². The van der Waals surface area contributed by atoms with Gasteiger partial charge >= 0.3 is 5.97 Å². The van der Waals surface area contributed by atoms with Gasteiger partial charge in [-0.05, 0) is 52.6 Å². The van der Waals surface area contributed by atoms with E-state index in [4.69, 9.17) is 0 Å². The third-order valence-electron chi connectivity index (χ3n) is 4.09. The number of halogens is 1. The van der Waals surface area contributed by atoms with Crippen molar-refractivity contribution in [2.45, 2.75) is 52.5 Å². The number of hydrogen-bond acceptors (Lipinski definition) is 1. The van der Waals surface area contributed by atoms with Crippen molar-refractivity contribution in [2.75, 3.05) is 0 Å². The highest BCUT2D eigenvalue weighted by Gasteiger charge is 2.35. The molecular weight excluding hydrogens is 306 g/mol. The van der Waals surface area contributed by atoms with E-state index >= 15 is 0 Å². The number of carbonyl (C=O) groups is 1. The number of aromatic carboxylic acids is 1. The predicted octanol–water partition coefficient (Wildman–Crippen LogP) is 4.56. The molecule has 0 radical (unpaired) electrons. The molecule has 1 N–H and O–H groups in total. The fraction of sp³-hybridized carbons (Fsp3) is 0.667. The lowest BCUT2D eigenvalue weighted by molar-refractivity contribution is 0.0679. The number of carboxylic acids is 1. The summed E-state index contributed by atoms with van der Waals surface area (Å²) in [4.78, 5) is 11.3. The van der Waals surface area contributed by atoms with Crippen LogP contribution < -0.4 is 0 Å². The second kappa shape index (κ2) is 5.70. The Balaban J connectivity index is 2.24. The third-order valence-corrected chi connectivity index (χ3v) is 4.53. The summed E-state index contributed by atoms with van der Waals surface area (Å²) in [6.07, 6.45) is 8.08. The fourth-order valence-corrected chi connectivity index (χ4v) is 4.03. The van der Waals surface area contributed by atoms with Gasteiger partial charge in [-0.25, -0.2) is 4.79 Å². The number of nitrogens with zero attached hydrogens (tertiary/aromatic N) is 1. The summed E-state index contributed by atoms with van der Waals surface area (Å²) in [6.45, 7) is 5.34. The third kappa shape index (κ3) is 3.41. The van der Waals surface area contributed by atoms with E-state index in [1.807, 2.05) is 10.8 Å². The minimum Gasteiger partial charge on any atom is -0.477 e. The van der Waals surface area contributed by atoms with Crippen LogP contribution in [0.2, 0.25) is 0 Å². The van der Waals surface area contributed by atoms with Gasteiger partial charge in [0.2, 0.25) is 0 Å². The molecule has 1 aliphatic carbocycles. The van der Waals surface area contributed by atoms with E-state index < -0.39 is 5.97 Å². The van der Waals surface area contributed by atoms with Crippen LogP contribution in [0.4, 0.5) is 0 Å². The smallest absolute Gasteiger partial charge is 0.352 e. The van der Waals surface area contributed by atoms with Crippen molar-refractivity contribution < 1.29 is 9.90 Å². The molecule has 1 heterocycles. The molecule has 0 bridgehead atoms. The Morgan fingerprint density at radius 2 is 2.11 bits per heavy atom. The Morgan fingerprint density at radius 1 is 1.47 bits per heavy atom. The molecule has 1 saturated carbocycles. The second-order valence-corrected chi connectivity index (χ2v) is 7.20. The molecule has 1 aromatic rings. The van der Waals surface area contributed by atoms with Crippen molar-refractivity contribution in [2.24, 2.45) is 11.3 Å². The molecule has 0 saturated heterocycles. The van der Waals surface area contributed by atoms with Gasteiger partial charge in [-0.3, -0.25) is 0 Å². The Labute approximate surface area is 123 Å². The maximum atomic E-state index is 11.3. The summed E-state index contributed by atoms with van der Waals surface area (Å²) in [5, 5.41) is 9.28. The first-order valence-corrected chi connectivity index (χ1v) is 7.80. The minimum absolute atomic E-state index is 0.289. The first kappa shape index (κ1) is 14.6. The zero-order valence-electron chi connectivity index (χ0n) is 11.7. The standard InChI is InChI=1S/C15H22BrNO2/c1-11(2)8-15(5-3-4-6-15)10-17-9-12(16)7-13(17)14(18)19/h7,9,11H,3-6,8,10H2,1-2H3,(H,18,19). The molecule has 106 valence electrons. The first-order valence-electron chi connectivity index (χ1n) is 7.01. The molecule has 1 aromatic heterocycles. The van der Waals surface area contributed by atoms with Crippen molar-refractivity contribution in [3.63, 3.8) is 0 Å². The van der Waals surface area contributed by atoms with Gasteiger partial charge in [0.1, 0.15) is 5.69 Å². The average molecular weight is 328 g/mol. The molecule has 0 aliphatic heterocycles. The molecule has 2 rings (SSSR count). The molecule has 19 heavy (non-hydrogen) atoms. The molecule has 0 unspecified atom stereocenters. The topological polar surface area (TPSA) is 42.2 Å². The first-order chi connectivity index (χ1) is 8.92. The summed E-state index contributed by atoms with van der Waals surface area (Å²) in [5.74, 6) is -0.186. The molecule has 4 heteroatoms. The normalized spacial score (nSPS) is 18.1. The van der Waals surface area contributed by atoms with E-state index in [0.717, 1.165) is 11.0 Å². The highest BCUT2D eigenvalue weighted by molar-refractivity contribution is 9.10. The van der Waals surface area contributed by atoms with Crippen LogP contribution >= 0.6 is 15.9 Å². The van der Waals surface area contributed by atoms with E-state index in [1.54, 1.807) is 6.07 Å². The molecule has 3 nitrogen and oxygen atoms in total. The number of rotatable bonds is 5. The molecule has 1 aliphatic rings. The monoisotopic (exact) mass is 327 g/mol. The lowest BCUT2D eigenvalue weighted by Crippen LogP contribution is -2.26. The van der Waals surface area contributed by atoms with Crippen LogP contribution in [0.15, 0.2) is 16.7 Å². The van der Waals surface area contributed by atoms with Gasteiger partial charge in [0, 0.05) is 17.2 Å². The Bertz CT molecular complexity index is 459. The number of carboxylic acid groups (broad SMARTS) is 1. The van der Waals surface area contributed by atoms with E-state index in [2.05, 4.69) is 29.8 Å². The molecular formula is C15H22BrNO2. The van der Waals surface area contributed by atoms with Crippen molar-refractivity contribution in [3.8, 4) is 0 Å². The van der Waals surface area contributed by atoms with Crippen LogP contribution in [0.5, 0.6) is 0 Å². The predicted molar refractivity (Wildman–Crippen MR) is 79.4 cm³/mol. The lowest BCUT2D eigenvalue weighted by Gasteiger charge is -2.32. The van der Waals surface area contributed by atoms with Gasteiger partial charge in [0.25, 0.3) is 0 Å². The molecule has 0 spiro atoms. The van der Waals surface area contributed by atoms with Crippen LogP contribution in [0.25, 0.3) is 0 Å². The van der Waals surface area contributed by atoms with Crippen molar-refractivity contribution >= 4 is 21.9 Å². The highest BCUT2D eigenvalue weighted by atomic mass is 79.9. The van der Waals surface area contributed by atoms with E-state index in [9.17, 15) is 9.90 Å². The van der Waals surface area contributed by atoms with Crippen molar-refractivity contribution in [3.05, 3.63) is 22.4 Å². The average Bonchev–Trinajstić information content (AvgIpc) is 2.85. The summed E-state index contributed by atoms with van der Waals surface area (Å²) >= 11 is 3.38. The van der Waals surface area contributed by atoms with Crippen molar-refractivity contribution in [1.29, 1.82) is 0 Å². The highest BCUT2D eigenvalue weighted by Crippen LogP contribution is 2.44. The second-order valence-electron chi connectivity index (χ2n) is 6.28.